The number of carboxylic acid groups (broad SMARTS) is 3. The van der Waals surface area contributed by atoms with Gasteiger partial charge in [-0.15, -0.1) is 0 Å². The molecule has 0 N–H and O–H groups in total. The Kier molecular flexibility index (Phi) is 35.2. The van der Waals surface area contributed by atoms with Gasteiger partial charge in [-0.05, 0) is 38.5 Å². The second kappa shape index (κ2) is 27.8. The molecule has 0 amide bonds. The SMILES string of the molecule is CCCCCC(=O)[O-].CCCCCC(=O)[O-].CCCCCC(=O)[O-].[Al+3]. The first-order chi connectivity index (χ1) is 11.3. The van der Waals surface area contributed by atoms with Gasteiger partial charge in [-0.2, -0.15) is 0 Å². The Balaban J connectivity index is -0.000000130. The van der Waals surface area contributed by atoms with E-state index >= 15 is 0 Å². The molecular formula is C18H33AlO6. The van der Waals surface area contributed by atoms with E-state index in [0.717, 1.165) is 57.8 Å². The Labute approximate surface area is 163 Å². The van der Waals surface area contributed by atoms with Crippen LogP contribution in [0.4, 0.5) is 0 Å². The van der Waals surface area contributed by atoms with Crippen molar-refractivity contribution in [2.24, 2.45) is 0 Å². The third kappa shape index (κ3) is 51.8. The minimum atomic E-state index is -0.932. The Hall–Kier alpha value is -1.06. The summed E-state index contributed by atoms with van der Waals surface area (Å²) in [4.78, 5) is 29.3. The summed E-state index contributed by atoms with van der Waals surface area (Å²) in [5.74, 6) is -2.80. The topological polar surface area (TPSA) is 120 Å². The van der Waals surface area contributed by atoms with Crippen LogP contribution in [0.3, 0.4) is 0 Å². The molecule has 0 radical (unpaired) electrons. The van der Waals surface area contributed by atoms with E-state index in [1.165, 1.54) is 0 Å². The third-order valence-corrected chi connectivity index (χ3v) is 2.95. The number of unbranched alkanes of at least 4 members (excludes halogenated alkanes) is 6. The predicted molar refractivity (Wildman–Crippen MR) is 93.2 cm³/mol. The molecule has 0 aliphatic rings. The maximum absolute atomic E-state index is 9.76. The molecule has 25 heavy (non-hydrogen) atoms. The van der Waals surface area contributed by atoms with E-state index in [9.17, 15) is 29.7 Å². The molecule has 0 aliphatic carbocycles. The van der Waals surface area contributed by atoms with Crippen LogP contribution in [0.5, 0.6) is 0 Å². The van der Waals surface area contributed by atoms with Crippen molar-refractivity contribution in [3.63, 3.8) is 0 Å². The number of rotatable bonds is 12. The largest absolute Gasteiger partial charge is 3.00 e. The molecule has 0 saturated heterocycles. The third-order valence-electron chi connectivity index (χ3n) is 2.95. The minimum Gasteiger partial charge on any atom is -0.550 e. The van der Waals surface area contributed by atoms with E-state index in [-0.39, 0.29) is 36.6 Å². The summed E-state index contributed by atoms with van der Waals surface area (Å²) in [6, 6.07) is 0. The summed E-state index contributed by atoms with van der Waals surface area (Å²) >= 11 is 0. The van der Waals surface area contributed by atoms with Gasteiger partial charge in [0.1, 0.15) is 0 Å². The van der Waals surface area contributed by atoms with Crippen LogP contribution in [-0.2, 0) is 14.4 Å². The van der Waals surface area contributed by atoms with Gasteiger partial charge in [-0.3, -0.25) is 0 Å². The van der Waals surface area contributed by atoms with Gasteiger partial charge in [0, 0.05) is 17.9 Å². The summed E-state index contributed by atoms with van der Waals surface area (Å²) in [5.41, 5.74) is 0. The molecule has 0 aromatic rings. The summed E-state index contributed by atoms with van der Waals surface area (Å²) in [5, 5.41) is 29.3. The fourth-order valence-corrected chi connectivity index (χ4v) is 1.56. The van der Waals surface area contributed by atoms with Crippen molar-refractivity contribution >= 4 is 35.3 Å². The van der Waals surface area contributed by atoms with E-state index in [1.807, 2.05) is 20.8 Å². The van der Waals surface area contributed by atoms with Crippen LogP contribution in [0, 0.1) is 0 Å². The van der Waals surface area contributed by atoms with Gasteiger partial charge >= 0.3 is 17.4 Å². The first-order valence-corrected chi connectivity index (χ1v) is 8.91. The summed E-state index contributed by atoms with van der Waals surface area (Å²) in [6.07, 6.45) is 9.11. The fourth-order valence-electron chi connectivity index (χ4n) is 1.56. The molecule has 0 rings (SSSR count). The quantitative estimate of drug-likeness (QED) is 0.365. The zero-order chi connectivity index (χ0) is 19.2. The Bertz CT molecular complexity index is 260. The number of hydrogen-bond donors (Lipinski definition) is 0. The fraction of sp³-hybridized carbons (Fsp3) is 0.833. The molecule has 7 heteroatoms. The average molecular weight is 372 g/mol. The van der Waals surface area contributed by atoms with Crippen LogP contribution in [0.15, 0.2) is 0 Å². The number of carbonyl (C=O) groups excluding carboxylic acids is 3. The first-order valence-electron chi connectivity index (χ1n) is 8.91. The van der Waals surface area contributed by atoms with Crippen molar-refractivity contribution in [1.82, 2.24) is 0 Å². The van der Waals surface area contributed by atoms with E-state index in [2.05, 4.69) is 0 Å². The van der Waals surface area contributed by atoms with Crippen molar-refractivity contribution < 1.29 is 29.7 Å². The molecule has 0 aliphatic heterocycles. The van der Waals surface area contributed by atoms with Crippen molar-refractivity contribution in [3.8, 4) is 0 Å². The normalized spacial score (nSPS) is 8.76. The van der Waals surface area contributed by atoms with E-state index < -0.39 is 17.9 Å². The zero-order valence-electron chi connectivity index (χ0n) is 16.0. The molecule has 0 unspecified atom stereocenters. The Morgan fingerprint density at radius 2 is 0.720 bits per heavy atom. The molecule has 144 valence electrons. The molecule has 6 nitrogen and oxygen atoms in total. The van der Waals surface area contributed by atoms with Crippen molar-refractivity contribution in [2.45, 2.75) is 97.8 Å². The van der Waals surface area contributed by atoms with E-state index in [1.54, 1.807) is 0 Å². The minimum absolute atomic E-state index is 0. The van der Waals surface area contributed by atoms with Gasteiger partial charge in [-0.25, -0.2) is 0 Å². The van der Waals surface area contributed by atoms with E-state index in [0.29, 0.717) is 0 Å². The van der Waals surface area contributed by atoms with Gasteiger partial charge in [0.05, 0.1) is 0 Å². The molecule has 0 bridgehead atoms. The average Bonchev–Trinajstić information content (AvgIpc) is 2.48. The monoisotopic (exact) mass is 372 g/mol. The molecule has 0 heterocycles. The standard InChI is InChI=1S/3C6H12O2.Al/c3*1-2-3-4-5-6(7)8;/h3*2-5H2,1H3,(H,7,8);/q;;;+3/p-3. The van der Waals surface area contributed by atoms with Crippen LogP contribution in [0.1, 0.15) is 97.8 Å². The molecule has 0 aromatic carbocycles. The summed E-state index contributed by atoms with van der Waals surface area (Å²) in [7, 11) is 0. The maximum atomic E-state index is 9.76. The first kappa shape index (κ1) is 31.7. The molecule has 0 fully saturated rings. The zero-order valence-corrected chi connectivity index (χ0v) is 17.2. The second-order valence-electron chi connectivity index (χ2n) is 5.49. The Morgan fingerprint density at radius 1 is 0.520 bits per heavy atom. The number of carboxylic acids is 3. The van der Waals surface area contributed by atoms with Gasteiger partial charge in [0.25, 0.3) is 0 Å². The van der Waals surface area contributed by atoms with Crippen LogP contribution in [-0.4, -0.2) is 35.3 Å². The molecule has 0 atom stereocenters. The van der Waals surface area contributed by atoms with E-state index in [4.69, 9.17) is 0 Å². The second-order valence-corrected chi connectivity index (χ2v) is 5.49. The molecular weight excluding hydrogens is 339 g/mol. The van der Waals surface area contributed by atoms with Gasteiger partial charge in [-0.1, -0.05) is 59.3 Å². The van der Waals surface area contributed by atoms with Crippen LogP contribution >= 0.6 is 0 Å². The molecule has 0 saturated carbocycles. The number of aliphatic carboxylic acids is 3. The van der Waals surface area contributed by atoms with Crippen molar-refractivity contribution in [2.75, 3.05) is 0 Å². The van der Waals surface area contributed by atoms with Crippen LogP contribution < -0.4 is 15.3 Å². The maximum Gasteiger partial charge on any atom is 3.00 e. The Morgan fingerprint density at radius 3 is 0.840 bits per heavy atom. The van der Waals surface area contributed by atoms with Crippen LogP contribution in [0.2, 0.25) is 0 Å². The predicted octanol–water partition coefficient (Wildman–Crippen LogP) is 0.569. The number of hydrogen-bond acceptors (Lipinski definition) is 6. The summed E-state index contributed by atoms with van der Waals surface area (Å²) < 4.78 is 0. The smallest absolute Gasteiger partial charge is 0.550 e. The van der Waals surface area contributed by atoms with Crippen molar-refractivity contribution in [3.05, 3.63) is 0 Å². The van der Waals surface area contributed by atoms with Crippen LogP contribution in [0.25, 0.3) is 0 Å². The summed E-state index contributed by atoms with van der Waals surface area (Å²) in [6.45, 7) is 6.11. The van der Waals surface area contributed by atoms with Crippen molar-refractivity contribution in [1.29, 1.82) is 0 Å². The van der Waals surface area contributed by atoms with Gasteiger partial charge in [0.2, 0.25) is 0 Å². The molecule has 0 aromatic heterocycles. The van der Waals surface area contributed by atoms with Gasteiger partial charge < -0.3 is 29.7 Å². The molecule has 0 spiro atoms. The number of carbonyl (C=O) groups is 3. The van der Waals surface area contributed by atoms with Gasteiger partial charge in [0.15, 0.2) is 0 Å².